The number of rotatable bonds is 5. The van der Waals surface area contributed by atoms with Crippen molar-refractivity contribution in [2.45, 2.75) is 45.4 Å². The van der Waals surface area contributed by atoms with Gasteiger partial charge in [0.2, 0.25) is 5.91 Å². The van der Waals surface area contributed by atoms with Crippen LogP contribution in [0.1, 0.15) is 45.4 Å². The summed E-state index contributed by atoms with van der Waals surface area (Å²) in [5.41, 5.74) is -1.05. The highest BCUT2D eigenvalue weighted by molar-refractivity contribution is 5.84. The van der Waals surface area contributed by atoms with E-state index < -0.39 is 11.4 Å². The van der Waals surface area contributed by atoms with E-state index in [0.717, 1.165) is 32.2 Å². The fraction of sp³-hybridized carbons (Fsp3) is 0.857. The van der Waals surface area contributed by atoms with Crippen LogP contribution in [-0.2, 0) is 9.59 Å². The SMILES string of the molecule is CCC1(C(=O)NCC2(C(=O)O)CCC2)CCCNC1. The highest BCUT2D eigenvalue weighted by atomic mass is 16.4. The zero-order valence-corrected chi connectivity index (χ0v) is 11.6. The molecule has 0 radical (unpaired) electrons. The lowest BCUT2D eigenvalue weighted by molar-refractivity contribution is -0.154. The maximum atomic E-state index is 12.4. The minimum absolute atomic E-state index is 0.0229. The Balaban J connectivity index is 1.94. The molecule has 1 amide bonds. The van der Waals surface area contributed by atoms with Crippen molar-refractivity contribution >= 4 is 11.9 Å². The van der Waals surface area contributed by atoms with Crippen LogP contribution in [0.25, 0.3) is 0 Å². The van der Waals surface area contributed by atoms with Crippen LogP contribution >= 0.6 is 0 Å². The number of carbonyl (C=O) groups excluding carboxylic acids is 1. The lowest BCUT2D eigenvalue weighted by Crippen LogP contribution is -2.54. The van der Waals surface area contributed by atoms with Gasteiger partial charge in [0.15, 0.2) is 0 Å². The summed E-state index contributed by atoms with van der Waals surface area (Å²) in [7, 11) is 0. The number of amides is 1. The van der Waals surface area contributed by atoms with Gasteiger partial charge in [0.05, 0.1) is 10.8 Å². The lowest BCUT2D eigenvalue weighted by atomic mass is 9.68. The second-order valence-corrected chi connectivity index (χ2v) is 6.04. The Morgan fingerprint density at radius 3 is 2.32 bits per heavy atom. The van der Waals surface area contributed by atoms with Crippen LogP contribution < -0.4 is 10.6 Å². The molecule has 0 spiro atoms. The van der Waals surface area contributed by atoms with E-state index in [2.05, 4.69) is 10.6 Å². The zero-order chi connectivity index (χ0) is 13.9. The van der Waals surface area contributed by atoms with E-state index in [0.29, 0.717) is 19.4 Å². The Morgan fingerprint density at radius 1 is 1.21 bits per heavy atom. The average molecular weight is 268 g/mol. The lowest BCUT2D eigenvalue weighted by Gasteiger charge is -2.40. The topological polar surface area (TPSA) is 78.4 Å². The molecule has 1 atom stereocenters. The molecule has 108 valence electrons. The first kappa shape index (κ1) is 14.3. The quantitative estimate of drug-likeness (QED) is 0.698. The molecule has 0 aromatic carbocycles. The molecule has 1 heterocycles. The molecule has 1 aliphatic carbocycles. The Kier molecular flexibility index (Phi) is 4.13. The molecule has 0 aromatic rings. The number of aliphatic carboxylic acids is 1. The van der Waals surface area contributed by atoms with E-state index >= 15 is 0 Å². The average Bonchev–Trinajstić information content (AvgIpc) is 2.37. The first-order chi connectivity index (χ1) is 9.05. The standard InChI is InChI=1S/C14H24N2O3/c1-2-13(7-4-8-15-9-13)11(17)16-10-14(12(18)19)5-3-6-14/h15H,2-10H2,1H3,(H,16,17)(H,18,19). The molecule has 1 aliphatic heterocycles. The van der Waals surface area contributed by atoms with Gasteiger partial charge in [0, 0.05) is 13.1 Å². The van der Waals surface area contributed by atoms with Gasteiger partial charge in [0.1, 0.15) is 0 Å². The normalized spacial score (nSPS) is 29.3. The van der Waals surface area contributed by atoms with Crippen molar-refractivity contribution in [3.63, 3.8) is 0 Å². The number of carboxylic acid groups (broad SMARTS) is 1. The Labute approximate surface area is 114 Å². The molecule has 1 unspecified atom stereocenters. The first-order valence-corrected chi connectivity index (χ1v) is 7.27. The van der Waals surface area contributed by atoms with Crippen molar-refractivity contribution in [3.8, 4) is 0 Å². The molecule has 0 aromatic heterocycles. The van der Waals surface area contributed by atoms with Crippen LogP contribution in [0.2, 0.25) is 0 Å². The van der Waals surface area contributed by atoms with Gasteiger partial charge in [0.25, 0.3) is 0 Å². The van der Waals surface area contributed by atoms with E-state index in [1.807, 2.05) is 6.92 Å². The predicted octanol–water partition coefficient (Wildman–Crippen LogP) is 1.14. The Bertz CT molecular complexity index is 358. The number of carboxylic acids is 1. The van der Waals surface area contributed by atoms with Crippen LogP contribution in [-0.4, -0.2) is 36.6 Å². The highest BCUT2D eigenvalue weighted by Gasteiger charge is 2.46. The van der Waals surface area contributed by atoms with Gasteiger partial charge >= 0.3 is 5.97 Å². The number of piperidine rings is 1. The van der Waals surface area contributed by atoms with Crippen LogP contribution in [0.4, 0.5) is 0 Å². The van der Waals surface area contributed by atoms with Crippen molar-refractivity contribution < 1.29 is 14.7 Å². The summed E-state index contributed by atoms with van der Waals surface area (Å²) in [5, 5.41) is 15.5. The molecule has 1 saturated heterocycles. The summed E-state index contributed by atoms with van der Waals surface area (Å²) < 4.78 is 0. The van der Waals surface area contributed by atoms with Crippen molar-refractivity contribution in [2.75, 3.05) is 19.6 Å². The van der Waals surface area contributed by atoms with E-state index in [9.17, 15) is 14.7 Å². The Morgan fingerprint density at radius 2 is 1.89 bits per heavy atom. The molecule has 2 rings (SSSR count). The molecule has 0 bridgehead atoms. The molecule has 19 heavy (non-hydrogen) atoms. The van der Waals surface area contributed by atoms with Gasteiger partial charge in [-0.15, -0.1) is 0 Å². The third-order valence-corrected chi connectivity index (χ3v) is 4.98. The molecular formula is C14H24N2O3. The highest BCUT2D eigenvalue weighted by Crippen LogP contribution is 2.41. The van der Waals surface area contributed by atoms with Gasteiger partial charge in [-0.25, -0.2) is 0 Å². The van der Waals surface area contributed by atoms with Crippen LogP contribution in [0, 0.1) is 10.8 Å². The fourth-order valence-corrected chi connectivity index (χ4v) is 3.13. The minimum atomic E-state index is -0.772. The third kappa shape index (κ3) is 2.61. The number of nitrogens with one attached hydrogen (secondary N) is 2. The second-order valence-electron chi connectivity index (χ2n) is 6.04. The Hall–Kier alpha value is -1.10. The van der Waals surface area contributed by atoms with Crippen LogP contribution in [0.3, 0.4) is 0 Å². The van der Waals surface area contributed by atoms with E-state index in [1.165, 1.54) is 0 Å². The zero-order valence-electron chi connectivity index (χ0n) is 11.6. The maximum Gasteiger partial charge on any atom is 0.311 e. The summed E-state index contributed by atoms with van der Waals surface area (Å²) in [4.78, 5) is 23.7. The smallest absolute Gasteiger partial charge is 0.311 e. The maximum absolute atomic E-state index is 12.4. The predicted molar refractivity (Wildman–Crippen MR) is 71.8 cm³/mol. The molecule has 2 fully saturated rings. The molecule has 5 heteroatoms. The molecule has 3 N–H and O–H groups in total. The minimum Gasteiger partial charge on any atom is -0.481 e. The first-order valence-electron chi connectivity index (χ1n) is 7.27. The monoisotopic (exact) mass is 268 g/mol. The largest absolute Gasteiger partial charge is 0.481 e. The van der Waals surface area contributed by atoms with Gasteiger partial charge in [-0.2, -0.15) is 0 Å². The van der Waals surface area contributed by atoms with Crippen molar-refractivity contribution in [2.24, 2.45) is 10.8 Å². The summed E-state index contributed by atoms with van der Waals surface area (Å²) in [5.74, 6) is -0.749. The van der Waals surface area contributed by atoms with Crippen LogP contribution in [0.5, 0.6) is 0 Å². The summed E-state index contributed by atoms with van der Waals surface area (Å²) in [6.07, 6.45) is 5.00. The molecular weight excluding hydrogens is 244 g/mol. The van der Waals surface area contributed by atoms with E-state index in [4.69, 9.17) is 0 Å². The van der Waals surface area contributed by atoms with Crippen molar-refractivity contribution in [3.05, 3.63) is 0 Å². The molecule has 2 aliphatic rings. The second kappa shape index (κ2) is 5.49. The van der Waals surface area contributed by atoms with Crippen molar-refractivity contribution in [1.29, 1.82) is 0 Å². The van der Waals surface area contributed by atoms with E-state index in [-0.39, 0.29) is 17.9 Å². The van der Waals surface area contributed by atoms with Gasteiger partial charge in [-0.05, 0) is 38.6 Å². The third-order valence-electron chi connectivity index (χ3n) is 4.98. The number of hydrogen-bond acceptors (Lipinski definition) is 3. The number of hydrogen-bond donors (Lipinski definition) is 3. The van der Waals surface area contributed by atoms with E-state index in [1.54, 1.807) is 0 Å². The summed E-state index contributed by atoms with van der Waals surface area (Å²) >= 11 is 0. The number of carbonyl (C=O) groups is 2. The van der Waals surface area contributed by atoms with Gasteiger partial charge < -0.3 is 15.7 Å². The molecule has 1 saturated carbocycles. The fourth-order valence-electron chi connectivity index (χ4n) is 3.13. The van der Waals surface area contributed by atoms with Gasteiger partial charge in [-0.3, -0.25) is 9.59 Å². The molecule has 5 nitrogen and oxygen atoms in total. The van der Waals surface area contributed by atoms with Crippen LogP contribution in [0.15, 0.2) is 0 Å². The van der Waals surface area contributed by atoms with Crippen molar-refractivity contribution in [1.82, 2.24) is 10.6 Å². The summed E-state index contributed by atoms with van der Waals surface area (Å²) in [6, 6.07) is 0. The van der Waals surface area contributed by atoms with Gasteiger partial charge in [-0.1, -0.05) is 13.3 Å². The summed E-state index contributed by atoms with van der Waals surface area (Å²) in [6.45, 7) is 3.98.